The Morgan fingerprint density at radius 1 is 0.385 bits per heavy atom. The van der Waals surface area contributed by atoms with E-state index in [1.165, 1.54) is 304 Å². The molecule has 1 aliphatic carbocycles. The standard InChI is InChI=1S/C19H36N4O2.C13H20N4.C13H26.2C12H25N.C11H23N.C11H25N.C10H21N.C9H21N.C8H19N.C8H18/c1-15-13-16(17(24)20-8-6-7-19(2,3)4)23(14-15)18(25)22-11-9-21(5)10-12-22;1-13(2,3)6-4-7-15-12-11-10(5-8-14-11)16-9-17-12;1-11-5-7-12(8-6-11)9-10-13(2,3)4;1-12(2,3)8-5-11-6-9-13(4)10-7-11;1-12(2,3)8-7-11-13-9-5-4-6-10-13;1-11(2,3)7-10-12-8-5-4-6-9-12;1-6-12(7-2)10-8-9-11(3,4)5;1-10(2,3)6-9-11-7-4-5-8-11;1-9(2,3)7-6-8-10(4)5;1-8(2,3)6-7-9(4)5;1-5-6-7-8(2,3)4/h15-16H,6-14H2,1-5H3,(H,20,24);5,8-9,14H,4,6-7H2,1-3H3,(H,15,16,17);11-12H,5-10H2,1-4H3;11H,5-10H2,1-4H3;4-11H2,1-3H3;4-10H2,1-3H3;6-10H2,1-5H3;4-9H2,1-3H3;6-8H2,1-5H3;6-7H2,1-5H3;5-7H2,1-4H3/t15-,16?;;;;;;;;;;/m1........../s1. The van der Waals surface area contributed by atoms with E-state index in [0.717, 1.165) is 93.0 Å². The van der Waals surface area contributed by atoms with Crippen LogP contribution in [0.3, 0.4) is 0 Å². The second kappa shape index (κ2) is 74.0. The van der Waals surface area contributed by atoms with Crippen LogP contribution in [0, 0.1) is 83.2 Å². The summed E-state index contributed by atoms with van der Waals surface area (Å²) in [4.78, 5) is 60.3. The number of urea groups is 1. The molecule has 1 saturated carbocycles. The van der Waals surface area contributed by atoms with Gasteiger partial charge >= 0.3 is 6.03 Å². The first-order valence-electron chi connectivity index (χ1n) is 59.7. The van der Waals surface area contributed by atoms with Crippen LogP contribution in [-0.4, -0.2) is 275 Å². The molecule has 143 heavy (non-hydrogen) atoms. The summed E-state index contributed by atoms with van der Waals surface area (Å²) in [5, 5.41) is 6.42. The van der Waals surface area contributed by atoms with Gasteiger partial charge in [0.2, 0.25) is 5.91 Å². The second-order valence-electron chi connectivity index (χ2n) is 59.2. The lowest BCUT2D eigenvalue weighted by Gasteiger charge is -2.36. The van der Waals surface area contributed by atoms with Gasteiger partial charge in [-0.05, 0) is 410 Å². The van der Waals surface area contributed by atoms with E-state index in [9.17, 15) is 9.59 Å². The topological polar surface area (TPSA) is 132 Å². The Bertz CT molecular complexity index is 3260. The van der Waals surface area contributed by atoms with Crippen LogP contribution in [0.5, 0.6) is 0 Å². The number of unbranched alkanes of at least 4 members (excludes halogenated alkanes) is 1. The summed E-state index contributed by atoms with van der Waals surface area (Å²) in [6.45, 7) is 114. The zero-order valence-electron chi connectivity index (χ0n) is 105. The SMILES string of the molecule is CC(C)(C)CCCN1CCCCC1.CC(C)(C)CCCNc1ncnc2cc[nH]c12.CC(C)(C)CCN1CCCC1.CC(C)(C)CCN1CCCCC1.CC1CCC(CCC(C)(C)C)CC1.CCCCC(C)(C)C.CCN(CC)CCCC(C)(C)C.CN(C)CCC(C)(C)C.CN(C)CCCC(C)(C)C.CN1CCC(CCC(C)(C)C)CC1.C[C@@H]1CC(C(=O)NCCCC(C)(C)C)N(C(=O)N2CCN(C)CC2)C1. The highest BCUT2D eigenvalue weighted by atomic mass is 16.2. The van der Waals surface area contributed by atoms with Gasteiger partial charge in [0.1, 0.15) is 17.9 Å². The van der Waals surface area contributed by atoms with Crippen molar-refractivity contribution < 1.29 is 9.59 Å². The molecule has 17 heteroatoms. The highest BCUT2D eigenvalue weighted by Gasteiger charge is 2.40. The molecule has 2 atom stereocenters. The number of fused-ring (bicyclic) bond motifs is 1. The van der Waals surface area contributed by atoms with Gasteiger partial charge < -0.3 is 64.6 Å². The van der Waals surface area contributed by atoms with Crippen molar-refractivity contribution in [3.8, 4) is 0 Å². The highest BCUT2D eigenvalue weighted by Crippen LogP contribution is 2.36. The predicted molar refractivity (Wildman–Crippen MR) is 639 cm³/mol. The van der Waals surface area contributed by atoms with Crippen LogP contribution in [0.2, 0.25) is 0 Å². The molecule has 6 aliphatic heterocycles. The average molecular weight is 2020 g/mol. The molecule has 0 spiro atoms. The molecule has 0 aromatic carbocycles. The van der Waals surface area contributed by atoms with Crippen LogP contribution in [0.25, 0.3) is 11.0 Å². The zero-order chi connectivity index (χ0) is 110. The van der Waals surface area contributed by atoms with Crippen molar-refractivity contribution in [2.24, 2.45) is 83.2 Å². The molecule has 850 valence electrons. The molecule has 1 unspecified atom stereocenters. The van der Waals surface area contributed by atoms with Crippen LogP contribution in [0.4, 0.5) is 10.6 Å². The molecule has 8 heterocycles. The summed E-state index contributed by atoms with van der Waals surface area (Å²) in [7, 11) is 12.8. The molecule has 17 nitrogen and oxygen atoms in total. The lowest BCUT2D eigenvalue weighted by Crippen LogP contribution is -2.55. The number of nitrogens with zero attached hydrogens (tertiary/aromatic N) is 12. The average Bonchev–Trinajstić information content (AvgIpc) is 1.67. The van der Waals surface area contributed by atoms with Crippen molar-refractivity contribution in [3.05, 3.63) is 18.6 Å². The molecule has 9 rings (SSSR count). The molecular weight excluding hydrogens is 1760 g/mol. The van der Waals surface area contributed by atoms with Crippen LogP contribution >= 0.6 is 0 Å². The largest absolute Gasteiger partial charge is 0.368 e. The van der Waals surface area contributed by atoms with E-state index in [4.69, 9.17) is 0 Å². The van der Waals surface area contributed by atoms with Crippen molar-refractivity contribution in [3.63, 3.8) is 0 Å². The highest BCUT2D eigenvalue weighted by molar-refractivity contribution is 5.88. The van der Waals surface area contributed by atoms with Gasteiger partial charge in [0.05, 0.1) is 5.52 Å². The number of carbonyl (C=O) groups excluding carboxylic acids is 2. The monoisotopic (exact) mass is 2020 g/mol. The summed E-state index contributed by atoms with van der Waals surface area (Å²) < 4.78 is 0. The maximum Gasteiger partial charge on any atom is 0.320 e. The fourth-order valence-corrected chi connectivity index (χ4v) is 18.5. The maximum absolute atomic E-state index is 12.9. The number of anilines is 1. The van der Waals surface area contributed by atoms with E-state index >= 15 is 0 Å². The first kappa shape index (κ1) is 142. The summed E-state index contributed by atoms with van der Waals surface area (Å²) in [5.74, 6) is 4.35. The molecule has 0 radical (unpaired) electrons. The van der Waals surface area contributed by atoms with Gasteiger partial charge in [-0.1, -0.05) is 314 Å². The molecule has 3 amide bonds. The Kier molecular flexibility index (Phi) is 73.4. The number of likely N-dealkylation sites (N-methyl/N-ethyl adjacent to an activating group) is 1. The third-order valence-electron chi connectivity index (χ3n) is 28.8. The van der Waals surface area contributed by atoms with Crippen LogP contribution in [-0.2, 0) is 4.79 Å². The number of hydrogen-bond acceptors (Lipinski definition) is 13. The molecule has 3 N–H and O–H groups in total. The van der Waals surface area contributed by atoms with Gasteiger partial charge in [0.15, 0.2) is 5.82 Å². The number of piperidine rings is 3. The van der Waals surface area contributed by atoms with Crippen molar-refractivity contribution in [2.45, 2.75) is 494 Å². The summed E-state index contributed by atoms with van der Waals surface area (Å²) in [6.07, 6.45) is 50.7. The van der Waals surface area contributed by atoms with Gasteiger partial charge in [0, 0.05) is 52.0 Å². The summed E-state index contributed by atoms with van der Waals surface area (Å²) >= 11 is 0. The van der Waals surface area contributed by atoms with Crippen molar-refractivity contribution in [2.75, 3.05) is 198 Å². The number of amides is 3. The Morgan fingerprint density at radius 2 is 0.755 bits per heavy atom. The van der Waals surface area contributed by atoms with Crippen LogP contribution < -0.4 is 10.6 Å². The molecule has 6 saturated heterocycles. The van der Waals surface area contributed by atoms with Crippen molar-refractivity contribution >= 4 is 28.8 Å². The number of H-pyrrole nitrogens is 1. The molecule has 7 aliphatic rings. The van der Waals surface area contributed by atoms with E-state index in [0.29, 0.717) is 73.2 Å². The number of rotatable bonds is 31. The minimum absolute atomic E-state index is 0.0146. The summed E-state index contributed by atoms with van der Waals surface area (Å²) in [6, 6.07) is 1.68. The summed E-state index contributed by atoms with van der Waals surface area (Å²) in [5.41, 5.74) is 7.32. The van der Waals surface area contributed by atoms with Gasteiger partial charge in [-0.2, -0.15) is 0 Å². The quantitative estimate of drug-likeness (QED) is 0.0620. The first-order valence-corrected chi connectivity index (χ1v) is 59.7. The third kappa shape index (κ3) is 90.1. The Hall–Kier alpha value is -3.16. The molecule has 0 bridgehead atoms. The predicted octanol–water partition coefficient (Wildman–Crippen LogP) is 32.5. The van der Waals surface area contributed by atoms with E-state index in [1.54, 1.807) is 11.2 Å². The molecule has 2 aromatic rings. The fourth-order valence-electron chi connectivity index (χ4n) is 18.5. The number of aromatic amines is 1. The molecule has 7 fully saturated rings. The van der Waals surface area contributed by atoms with Crippen molar-refractivity contribution in [1.29, 1.82) is 0 Å². The lowest BCUT2D eigenvalue weighted by molar-refractivity contribution is -0.124. The van der Waals surface area contributed by atoms with E-state index in [-0.39, 0.29) is 23.4 Å². The molecule has 2 aromatic heterocycles. The van der Waals surface area contributed by atoms with Crippen LogP contribution in [0.1, 0.15) is 488 Å². The smallest absolute Gasteiger partial charge is 0.320 e. The maximum atomic E-state index is 12.9. The number of aromatic nitrogens is 3. The Labute approximate surface area is 896 Å². The number of nitrogens with one attached hydrogen (secondary N) is 3. The lowest BCUT2D eigenvalue weighted by atomic mass is 9.78. The number of piperazine rings is 1. The third-order valence-corrected chi connectivity index (χ3v) is 28.8. The zero-order valence-corrected chi connectivity index (χ0v) is 105. The normalized spacial score (nSPS) is 19.3. The van der Waals surface area contributed by atoms with E-state index in [1.807, 2.05) is 17.2 Å². The number of hydrogen-bond donors (Lipinski definition) is 3. The van der Waals surface area contributed by atoms with E-state index in [2.05, 4.69) is 370 Å². The number of carbonyl (C=O) groups is 2. The fraction of sp³-hybridized carbons (Fsp3) is 0.937. The minimum atomic E-state index is -0.309. The van der Waals surface area contributed by atoms with Crippen molar-refractivity contribution in [1.82, 2.24) is 69.3 Å². The second-order valence-corrected chi connectivity index (χ2v) is 59.2. The molecular formula is C126H259N15O2. The number of likely N-dealkylation sites (tertiary alicyclic amines) is 5. The Morgan fingerprint density at radius 3 is 1.15 bits per heavy atom. The van der Waals surface area contributed by atoms with Crippen LogP contribution in [0.15, 0.2) is 18.6 Å². The minimum Gasteiger partial charge on any atom is -0.368 e. The Balaban J connectivity index is 0. The van der Waals surface area contributed by atoms with Gasteiger partial charge in [-0.15, -0.1) is 0 Å². The van der Waals surface area contributed by atoms with Gasteiger partial charge in [-0.3, -0.25) is 4.79 Å². The van der Waals surface area contributed by atoms with Gasteiger partial charge in [0.25, 0.3) is 0 Å². The van der Waals surface area contributed by atoms with E-state index < -0.39 is 0 Å². The van der Waals surface area contributed by atoms with Gasteiger partial charge in [-0.25, -0.2) is 14.8 Å². The first-order chi connectivity index (χ1) is 65.8.